The molecule has 0 radical (unpaired) electrons. The molecule has 6 rings (SSSR count). The van der Waals surface area contributed by atoms with Gasteiger partial charge in [-0.05, 0) is 84.5 Å². The number of benzene rings is 2. The predicted octanol–water partition coefficient (Wildman–Crippen LogP) is 5.75. The number of carbonyl (C=O) groups is 2. The minimum atomic E-state index is -0.376. The van der Waals surface area contributed by atoms with Crippen LogP contribution in [-0.4, -0.2) is 35.2 Å². The first-order valence-corrected chi connectivity index (χ1v) is 13.1. The number of rotatable bonds is 8. The smallest absolute Gasteiger partial charge is 0.289 e. The van der Waals surface area contributed by atoms with Crippen LogP contribution in [0.15, 0.2) is 81.8 Å². The van der Waals surface area contributed by atoms with E-state index < -0.39 is 0 Å². The number of amides is 2. The quantitative estimate of drug-likeness (QED) is 0.291. The molecule has 3 heterocycles. The van der Waals surface area contributed by atoms with Gasteiger partial charge >= 0.3 is 0 Å². The Labute approximate surface area is 225 Å². The zero-order chi connectivity index (χ0) is 26.9. The van der Waals surface area contributed by atoms with Gasteiger partial charge in [0.2, 0.25) is 5.91 Å². The van der Waals surface area contributed by atoms with Crippen LogP contribution < -0.4 is 4.74 Å². The Bertz CT molecular complexity index is 1490. The number of nitrogens with zero attached hydrogens (tertiary/aromatic N) is 2. The molecule has 0 spiro atoms. The van der Waals surface area contributed by atoms with Gasteiger partial charge in [0.15, 0.2) is 5.76 Å². The Morgan fingerprint density at radius 1 is 1.05 bits per heavy atom. The lowest BCUT2D eigenvalue weighted by Crippen LogP contribution is -2.41. The Hall–Kier alpha value is -4.33. The van der Waals surface area contributed by atoms with Gasteiger partial charge < -0.3 is 23.4 Å². The van der Waals surface area contributed by atoms with E-state index >= 15 is 0 Å². The molecule has 2 amide bonds. The molecular weight excluding hydrogens is 499 g/mol. The second kappa shape index (κ2) is 10.4. The first-order valence-electron chi connectivity index (χ1n) is 13.1. The highest BCUT2D eigenvalue weighted by molar-refractivity contribution is 5.91. The summed E-state index contributed by atoms with van der Waals surface area (Å²) in [5, 5.41) is 0. The van der Waals surface area contributed by atoms with Crippen molar-refractivity contribution in [1.82, 2.24) is 9.80 Å². The highest BCUT2D eigenvalue weighted by Crippen LogP contribution is 2.41. The molecule has 7 nitrogen and oxygen atoms in total. The summed E-state index contributed by atoms with van der Waals surface area (Å²) in [6.07, 6.45) is 4.12. The van der Waals surface area contributed by atoms with Crippen LogP contribution in [0.25, 0.3) is 0 Å². The van der Waals surface area contributed by atoms with Crippen LogP contribution in [0.2, 0.25) is 0 Å². The van der Waals surface area contributed by atoms with Crippen molar-refractivity contribution in [3.8, 4) is 5.75 Å². The Balaban J connectivity index is 1.19. The van der Waals surface area contributed by atoms with Crippen LogP contribution in [0.5, 0.6) is 5.75 Å². The van der Waals surface area contributed by atoms with E-state index in [4.69, 9.17) is 13.6 Å². The Kier molecular flexibility index (Phi) is 6.69. The number of carbonyl (C=O) groups excluding carboxylic acids is 2. The lowest BCUT2D eigenvalue weighted by molar-refractivity contribution is -0.134. The summed E-state index contributed by atoms with van der Waals surface area (Å²) in [4.78, 5) is 29.3. The molecule has 0 N–H and O–H groups in total. The zero-order valence-corrected chi connectivity index (χ0v) is 21.6. The normalized spacial score (nSPS) is 16.6. The van der Waals surface area contributed by atoms with E-state index in [0.717, 1.165) is 36.0 Å². The first-order chi connectivity index (χ1) is 19.0. The molecule has 1 fully saturated rings. The number of hydrogen-bond donors (Lipinski definition) is 0. The van der Waals surface area contributed by atoms with E-state index in [0.29, 0.717) is 30.4 Å². The molecule has 2 aromatic heterocycles. The van der Waals surface area contributed by atoms with E-state index in [-0.39, 0.29) is 42.0 Å². The third kappa shape index (κ3) is 5.32. The zero-order valence-electron chi connectivity index (χ0n) is 21.6. The van der Waals surface area contributed by atoms with Gasteiger partial charge in [-0.25, -0.2) is 4.39 Å². The molecule has 2 aromatic carbocycles. The Morgan fingerprint density at radius 3 is 2.69 bits per heavy atom. The molecule has 1 saturated carbocycles. The third-order valence-corrected chi connectivity index (χ3v) is 7.29. The SMILES string of the molecule is CN(Cc1ccco1)C(=O)c1ccc(COc2ccc3c(c2)[C@H](c2cccc(F)c2)N(C(=O)C2CC2)CC3)o1. The van der Waals surface area contributed by atoms with Gasteiger partial charge in [-0.1, -0.05) is 18.2 Å². The van der Waals surface area contributed by atoms with E-state index in [2.05, 4.69) is 0 Å². The molecule has 8 heteroatoms. The fourth-order valence-corrected chi connectivity index (χ4v) is 5.14. The Morgan fingerprint density at radius 2 is 1.92 bits per heavy atom. The van der Waals surface area contributed by atoms with Crippen LogP contribution >= 0.6 is 0 Å². The van der Waals surface area contributed by atoms with Crippen molar-refractivity contribution in [2.75, 3.05) is 13.6 Å². The topological polar surface area (TPSA) is 76.1 Å². The molecule has 1 aliphatic heterocycles. The van der Waals surface area contributed by atoms with Crippen molar-refractivity contribution in [3.63, 3.8) is 0 Å². The largest absolute Gasteiger partial charge is 0.486 e. The third-order valence-electron chi connectivity index (χ3n) is 7.29. The summed E-state index contributed by atoms with van der Waals surface area (Å²) in [7, 11) is 1.68. The lowest BCUT2D eigenvalue weighted by atomic mass is 9.87. The maximum atomic E-state index is 14.2. The number of ether oxygens (including phenoxy) is 1. The number of halogens is 1. The second-order valence-electron chi connectivity index (χ2n) is 10.2. The van der Waals surface area contributed by atoms with Crippen LogP contribution in [0, 0.1) is 11.7 Å². The summed E-state index contributed by atoms with van der Waals surface area (Å²) >= 11 is 0. The molecule has 4 aromatic rings. The van der Waals surface area contributed by atoms with Gasteiger partial charge in [0.05, 0.1) is 18.8 Å². The van der Waals surface area contributed by atoms with Gasteiger partial charge in [-0.2, -0.15) is 0 Å². The van der Waals surface area contributed by atoms with Crippen molar-refractivity contribution in [2.24, 2.45) is 5.92 Å². The summed E-state index contributed by atoms with van der Waals surface area (Å²) in [5.41, 5.74) is 2.80. The van der Waals surface area contributed by atoms with Crippen LogP contribution in [0.3, 0.4) is 0 Å². The maximum Gasteiger partial charge on any atom is 0.289 e. The lowest BCUT2D eigenvalue weighted by Gasteiger charge is -2.38. The fourth-order valence-electron chi connectivity index (χ4n) is 5.14. The highest BCUT2D eigenvalue weighted by Gasteiger charge is 2.39. The summed E-state index contributed by atoms with van der Waals surface area (Å²) in [6, 6.07) is 18.9. The molecule has 1 aliphatic carbocycles. The van der Waals surface area contributed by atoms with E-state index in [9.17, 15) is 14.0 Å². The number of furan rings is 2. The predicted molar refractivity (Wildman–Crippen MR) is 140 cm³/mol. The summed E-state index contributed by atoms with van der Waals surface area (Å²) in [6.45, 7) is 1.06. The summed E-state index contributed by atoms with van der Waals surface area (Å²) in [5.74, 6) is 1.62. The molecular formula is C31H29FN2O5. The van der Waals surface area contributed by atoms with E-state index in [1.54, 1.807) is 37.6 Å². The van der Waals surface area contributed by atoms with Crippen LogP contribution in [0.4, 0.5) is 4.39 Å². The minimum absolute atomic E-state index is 0.0658. The van der Waals surface area contributed by atoms with Gasteiger partial charge in [-0.3, -0.25) is 9.59 Å². The fraction of sp³-hybridized carbons (Fsp3) is 0.290. The molecule has 39 heavy (non-hydrogen) atoms. The average molecular weight is 529 g/mol. The highest BCUT2D eigenvalue weighted by atomic mass is 19.1. The standard InChI is InChI=1S/C31H29FN2O5/c1-33(18-25-6-3-15-37-25)31(36)28-12-11-26(39-28)19-38-24-10-9-20-13-14-34(30(35)21-7-8-21)29(27(20)17-24)22-4-2-5-23(32)16-22/h2-6,9-12,15-17,21,29H,7-8,13-14,18-19H2,1H3/t29-/m0/s1. The average Bonchev–Trinajstić information content (AvgIpc) is 3.46. The van der Waals surface area contributed by atoms with Crippen LogP contribution in [-0.2, 0) is 24.4 Å². The maximum absolute atomic E-state index is 14.2. The molecule has 0 unspecified atom stereocenters. The molecule has 200 valence electrons. The van der Waals surface area contributed by atoms with E-state index in [1.807, 2.05) is 35.2 Å². The van der Waals surface area contributed by atoms with Gasteiger partial charge in [0, 0.05) is 19.5 Å². The first kappa shape index (κ1) is 25.0. The molecule has 0 saturated heterocycles. The second-order valence-corrected chi connectivity index (χ2v) is 10.2. The van der Waals surface area contributed by atoms with Crippen molar-refractivity contribution in [3.05, 3.63) is 113 Å². The van der Waals surface area contributed by atoms with Gasteiger partial charge in [0.1, 0.15) is 29.7 Å². The summed E-state index contributed by atoms with van der Waals surface area (Å²) < 4.78 is 31.3. The van der Waals surface area contributed by atoms with Gasteiger partial charge in [0.25, 0.3) is 5.91 Å². The molecule has 2 aliphatic rings. The van der Waals surface area contributed by atoms with Crippen LogP contribution in [0.1, 0.15) is 57.6 Å². The molecule has 1 atom stereocenters. The molecule has 0 bridgehead atoms. The minimum Gasteiger partial charge on any atom is -0.486 e. The van der Waals surface area contributed by atoms with Crippen molar-refractivity contribution in [2.45, 2.75) is 38.5 Å². The monoisotopic (exact) mass is 528 g/mol. The van der Waals surface area contributed by atoms with Crippen molar-refractivity contribution in [1.29, 1.82) is 0 Å². The number of fused-ring (bicyclic) bond motifs is 1. The van der Waals surface area contributed by atoms with Crippen molar-refractivity contribution < 1.29 is 27.6 Å². The van der Waals surface area contributed by atoms with Crippen molar-refractivity contribution >= 4 is 11.8 Å². The van der Waals surface area contributed by atoms with Gasteiger partial charge in [-0.15, -0.1) is 0 Å². The number of hydrogen-bond acceptors (Lipinski definition) is 5. The van der Waals surface area contributed by atoms with E-state index in [1.165, 1.54) is 17.0 Å².